The predicted octanol–water partition coefficient (Wildman–Crippen LogP) is 3.39. The van der Waals surface area contributed by atoms with Crippen LogP contribution in [-0.2, 0) is 4.74 Å². The van der Waals surface area contributed by atoms with Gasteiger partial charge in [0.15, 0.2) is 0 Å². The Morgan fingerprint density at radius 1 is 1.38 bits per heavy atom. The molecule has 0 radical (unpaired) electrons. The summed E-state index contributed by atoms with van der Waals surface area (Å²) < 4.78 is 5.75. The average Bonchev–Trinajstić information content (AvgIpc) is 2.33. The van der Waals surface area contributed by atoms with Gasteiger partial charge < -0.3 is 4.74 Å². The standard InChI is InChI=1S/C12H15Cl2NO/c1-2-15-5-6-16-12(8-15)9-3-4-10(13)11(14)7-9/h3-4,7,12H,2,5-6,8H2,1H3. The largest absolute Gasteiger partial charge is 0.371 e. The second kappa shape index (κ2) is 5.37. The summed E-state index contributed by atoms with van der Waals surface area (Å²) in [6.07, 6.45) is 0.114. The zero-order valence-corrected chi connectivity index (χ0v) is 10.8. The Kier molecular flexibility index (Phi) is 4.09. The fraction of sp³-hybridized carbons (Fsp3) is 0.500. The molecule has 2 nitrogen and oxygen atoms in total. The number of morpholine rings is 1. The number of rotatable bonds is 2. The van der Waals surface area contributed by atoms with Gasteiger partial charge in [0.25, 0.3) is 0 Å². The molecule has 0 N–H and O–H groups in total. The number of likely N-dealkylation sites (N-methyl/N-ethyl adjacent to an activating group) is 1. The summed E-state index contributed by atoms with van der Waals surface area (Å²) in [5.41, 5.74) is 1.10. The third kappa shape index (κ3) is 2.69. The van der Waals surface area contributed by atoms with Gasteiger partial charge in [-0.25, -0.2) is 0 Å². The maximum absolute atomic E-state index is 6.00. The molecule has 1 fully saturated rings. The van der Waals surface area contributed by atoms with Crippen molar-refractivity contribution in [3.63, 3.8) is 0 Å². The van der Waals surface area contributed by atoms with Gasteiger partial charge in [-0.3, -0.25) is 4.90 Å². The van der Waals surface area contributed by atoms with Gasteiger partial charge in [0.05, 0.1) is 22.8 Å². The first-order chi connectivity index (χ1) is 7.70. The SMILES string of the molecule is CCN1CCOC(c2ccc(Cl)c(Cl)c2)C1. The first-order valence-corrected chi connectivity index (χ1v) is 6.25. The molecule has 0 aromatic heterocycles. The van der Waals surface area contributed by atoms with Gasteiger partial charge in [-0.15, -0.1) is 0 Å². The molecule has 1 aromatic carbocycles. The average molecular weight is 260 g/mol. The van der Waals surface area contributed by atoms with Crippen LogP contribution in [0.4, 0.5) is 0 Å². The summed E-state index contributed by atoms with van der Waals surface area (Å²) in [6, 6.07) is 5.71. The third-order valence-corrected chi connectivity index (χ3v) is 3.65. The zero-order chi connectivity index (χ0) is 11.5. The third-order valence-electron chi connectivity index (χ3n) is 2.91. The van der Waals surface area contributed by atoms with Crippen molar-refractivity contribution in [3.05, 3.63) is 33.8 Å². The predicted molar refractivity (Wildman–Crippen MR) is 67.3 cm³/mol. The van der Waals surface area contributed by atoms with E-state index in [4.69, 9.17) is 27.9 Å². The Morgan fingerprint density at radius 2 is 2.19 bits per heavy atom. The van der Waals surface area contributed by atoms with Crippen LogP contribution < -0.4 is 0 Å². The number of halogens is 2. The highest BCUT2D eigenvalue weighted by Crippen LogP contribution is 2.28. The summed E-state index contributed by atoms with van der Waals surface area (Å²) in [5, 5.41) is 1.19. The molecule has 88 valence electrons. The van der Waals surface area contributed by atoms with Crippen molar-refractivity contribution in [3.8, 4) is 0 Å². The van der Waals surface area contributed by atoms with E-state index in [2.05, 4.69) is 11.8 Å². The van der Waals surface area contributed by atoms with Crippen LogP contribution >= 0.6 is 23.2 Å². The van der Waals surface area contributed by atoms with E-state index in [1.54, 1.807) is 0 Å². The van der Waals surface area contributed by atoms with Crippen LogP contribution in [0.15, 0.2) is 18.2 Å². The van der Waals surface area contributed by atoms with E-state index in [1.165, 1.54) is 0 Å². The fourth-order valence-corrected chi connectivity index (χ4v) is 2.21. The lowest BCUT2D eigenvalue weighted by molar-refractivity contribution is -0.0281. The van der Waals surface area contributed by atoms with Crippen molar-refractivity contribution in [2.45, 2.75) is 13.0 Å². The van der Waals surface area contributed by atoms with Gasteiger partial charge in [-0.1, -0.05) is 36.2 Å². The van der Waals surface area contributed by atoms with E-state index in [-0.39, 0.29) is 6.10 Å². The van der Waals surface area contributed by atoms with Gasteiger partial charge in [-0.05, 0) is 24.2 Å². The minimum absolute atomic E-state index is 0.114. The summed E-state index contributed by atoms with van der Waals surface area (Å²) in [4.78, 5) is 2.37. The maximum Gasteiger partial charge on any atom is 0.0952 e. The van der Waals surface area contributed by atoms with Crippen LogP contribution in [-0.4, -0.2) is 31.1 Å². The molecule has 0 bridgehead atoms. The van der Waals surface area contributed by atoms with E-state index in [0.29, 0.717) is 10.0 Å². The van der Waals surface area contributed by atoms with E-state index in [1.807, 2.05) is 18.2 Å². The molecule has 2 rings (SSSR count). The number of hydrogen-bond acceptors (Lipinski definition) is 2. The molecule has 1 saturated heterocycles. The van der Waals surface area contributed by atoms with Gasteiger partial charge in [0, 0.05) is 13.1 Å². The Balaban J connectivity index is 2.13. The number of nitrogens with zero attached hydrogens (tertiary/aromatic N) is 1. The number of benzene rings is 1. The number of ether oxygens (including phenoxy) is 1. The summed E-state index contributed by atoms with van der Waals surface area (Å²) in [6.45, 7) is 5.93. The highest BCUT2D eigenvalue weighted by atomic mass is 35.5. The van der Waals surface area contributed by atoms with Crippen LogP contribution in [0, 0.1) is 0 Å². The molecule has 4 heteroatoms. The second-order valence-corrected chi connectivity index (χ2v) is 4.74. The Bertz CT molecular complexity index is 370. The molecule has 1 aliphatic rings. The van der Waals surface area contributed by atoms with Crippen molar-refractivity contribution in [2.75, 3.05) is 26.2 Å². The maximum atomic E-state index is 6.00. The molecule has 1 unspecified atom stereocenters. The minimum Gasteiger partial charge on any atom is -0.371 e. The van der Waals surface area contributed by atoms with Gasteiger partial charge in [0.1, 0.15) is 0 Å². The zero-order valence-electron chi connectivity index (χ0n) is 9.25. The van der Waals surface area contributed by atoms with Crippen LogP contribution in [0.5, 0.6) is 0 Å². The molecule has 0 spiro atoms. The van der Waals surface area contributed by atoms with Gasteiger partial charge in [0.2, 0.25) is 0 Å². The fourth-order valence-electron chi connectivity index (χ4n) is 1.90. The van der Waals surface area contributed by atoms with Crippen molar-refractivity contribution in [2.24, 2.45) is 0 Å². The van der Waals surface area contributed by atoms with Crippen molar-refractivity contribution >= 4 is 23.2 Å². The normalized spacial score (nSPS) is 22.3. The molecule has 16 heavy (non-hydrogen) atoms. The van der Waals surface area contributed by atoms with Gasteiger partial charge >= 0.3 is 0 Å². The molecule has 1 atom stereocenters. The monoisotopic (exact) mass is 259 g/mol. The first-order valence-electron chi connectivity index (χ1n) is 5.49. The molecule has 1 aromatic rings. The molecule has 1 aliphatic heterocycles. The topological polar surface area (TPSA) is 12.5 Å². The van der Waals surface area contributed by atoms with Crippen molar-refractivity contribution in [1.82, 2.24) is 4.90 Å². The first kappa shape index (κ1) is 12.2. The van der Waals surface area contributed by atoms with Gasteiger partial charge in [-0.2, -0.15) is 0 Å². The molecule has 0 aliphatic carbocycles. The molecular formula is C12H15Cl2NO. The molecule has 0 amide bonds. The Labute approximate surface area is 106 Å². The van der Waals surface area contributed by atoms with E-state index in [0.717, 1.165) is 31.8 Å². The molecular weight excluding hydrogens is 245 g/mol. The Morgan fingerprint density at radius 3 is 2.88 bits per heavy atom. The van der Waals surface area contributed by atoms with Crippen LogP contribution in [0.25, 0.3) is 0 Å². The lowest BCUT2D eigenvalue weighted by atomic mass is 10.1. The van der Waals surface area contributed by atoms with Crippen LogP contribution in [0.1, 0.15) is 18.6 Å². The smallest absolute Gasteiger partial charge is 0.0952 e. The highest BCUT2D eigenvalue weighted by Gasteiger charge is 2.21. The van der Waals surface area contributed by atoms with E-state index >= 15 is 0 Å². The van der Waals surface area contributed by atoms with Crippen molar-refractivity contribution in [1.29, 1.82) is 0 Å². The van der Waals surface area contributed by atoms with E-state index in [9.17, 15) is 0 Å². The summed E-state index contributed by atoms with van der Waals surface area (Å²) in [5.74, 6) is 0. The highest BCUT2D eigenvalue weighted by molar-refractivity contribution is 6.42. The van der Waals surface area contributed by atoms with E-state index < -0.39 is 0 Å². The molecule has 0 saturated carbocycles. The van der Waals surface area contributed by atoms with Crippen LogP contribution in [0.3, 0.4) is 0 Å². The van der Waals surface area contributed by atoms with Crippen molar-refractivity contribution < 1.29 is 4.74 Å². The Hall–Kier alpha value is -0.280. The van der Waals surface area contributed by atoms with Crippen LogP contribution in [0.2, 0.25) is 10.0 Å². The quantitative estimate of drug-likeness (QED) is 0.808. The number of hydrogen-bond donors (Lipinski definition) is 0. The summed E-state index contributed by atoms with van der Waals surface area (Å²) in [7, 11) is 0. The minimum atomic E-state index is 0.114. The molecule has 1 heterocycles. The second-order valence-electron chi connectivity index (χ2n) is 3.93. The summed E-state index contributed by atoms with van der Waals surface area (Å²) >= 11 is 11.9. The lowest BCUT2D eigenvalue weighted by Gasteiger charge is -2.32. The lowest BCUT2D eigenvalue weighted by Crippen LogP contribution is -2.38.